The Morgan fingerprint density at radius 2 is 1.80 bits per heavy atom. The summed E-state index contributed by atoms with van der Waals surface area (Å²) in [6, 6.07) is 14.1. The average molecular weight is 455 g/mol. The van der Waals surface area contributed by atoms with E-state index < -0.39 is 0 Å². The van der Waals surface area contributed by atoms with Gasteiger partial charge in [-0.3, -0.25) is 0 Å². The zero-order valence-electron chi connectivity index (χ0n) is 14.9. The van der Waals surface area contributed by atoms with Gasteiger partial charge in [0, 0.05) is 6.54 Å². The molecule has 2 aromatic rings. The van der Waals surface area contributed by atoms with E-state index >= 15 is 0 Å². The van der Waals surface area contributed by atoms with Crippen LogP contribution in [0.5, 0.6) is 11.5 Å². The molecule has 0 aromatic heterocycles. The van der Waals surface area contributed by atoms with Gasteiger partial charge in [0.25, 0.3) is 0 Å². The number of hydrogen-bond acceptors (Lipinski definition) is 3. The Labute approximate surface area is 166 Å². The van der Waals surface area contributed by atoms with E-state index in [1.54, 1.807) is 14.2 Å². The van der Waals surface area contributed by atoms with Gasteiger partial charge in [-0.25, -0.2) is 4.99 Å². The zero-order valence-corrected chi connectivity index (χ0v) is 17.2. The Morgan fingerprint density at radius 3 is 2.48 bits per heavy atom. The first-order valence-electron chi connectivity index (χ1n) is 7.93. The van der Waals surface area contributed by atoms with E-state index in [1.807, 2.05) is 24.3 Å². The van der Waals surface area contributed by atoms with E-state index in [9.17, 15) is 0 Å². The van der Waals surface area contributed by atoms with E-state index in [2.05, 4.69) is 35.4 Å². The van der Waals surface area contributed by atoms with Crippen molar-refractivity contribution in [1.29, 1.82) is 0 Å². The number of halogens is 1. The maximum atomic E-state index is 5.93. The largest absolute Gasteiger partial charge is 0.493 e. The summed E-state index contributed by atoms with van der Waals surface area (Å²) in [6.45, 7) is 3.36. The predicted octanol–water partition coefficient (Wildman–Crippen LogP) is 3.28. The van der Waals surface area contributed by atoms with E-state index in [0.29, 0.717) is 24.0 Å². The van der Waals surface area contributed by atoms with Gasteiger partial charge in [-0.15, -0.1) is 24.0 Å². The fourth-order valence-corrected chi connectivity index (χ4v) is 2.43. The SMILES string of the molecule is COc1ccc(CN=C(N)NCCc2ccccc2C)cc1OC.I. The molecule has 0 aliphatic heterocycles. The smallest absolute Gasteiger partial charge is 0.188 e. The van der Waals surface area contributed by atoms with Crippen LogP contribution in [0.25, 0.3) is 0 Å². The van der Waals surface area contributed by atoms with Crippen molar-refractivity contribution in [2.75, 3.05) is 20.8 Å². The van der Waals surface area contributed by atoms with Crippen LogP contribution in [0.4, 0.5) is 0 Å². The van der Waals surface area contributed by atoms with Crippen molar-refractivity contribution >= 4 is 29.9 Å². The van der Waals surface area contributed by atoms with Gasteiger partial charge in [-0.1, -0.05) is 30.3 Å². The lowest BCUT2D eigenvalue weighted by atomic mass is 10.1. The third-order valence-corrected chi connectivity index (χ3v) is 3.84. The van der Waals surface area contributed by atoms with Crippen LogP contribution in [0.15, 0.2) is 47.5 Å². The van der Waals surface area contributed by atoms with Crippen molar-refractivity contribution in [2.45, 2.75) is 19.9 Å². The van der Waals surface area contributed by atoms with Gasteiger partial charge < -0.3 is 20.5 Å². The number of ether oxygens (including phenoxy) is 2. The molecule has 0 bridgehead atoms. The third-order valence-electron chi connectivity index (χ3n) is 3.84. The number of guanidine groups is 1. The molecule has 0 saturated carbocycles. The van der Waals surface area contributed by atoms with E-state index in [-0.39, 0.29) is 24.0 Å². The first-order chi connectivity index (χ1) is 11.6. The first kappa shape index (κ1) is 21.1. The number of nitrogens with two attached hydrogens (primary N) is 1. The molecular weight excluding hydrogens is 429 g/mol. The van der Waals surface area contributed by atoms with Crippen LogP contribution in [0.1, 0.15) is 16.7 Å². The number of hydrogen-bond donors (Lipinski definition) is 2. The molecule has 0 saturated heterocycles. The van der Waals surface area contributed by atoms with Crippen molar-refractivity contribution in [3.05, 3.63) is 59.2 Å². The minimum atomic E-state index is 0. The lowest BCUT2D eigenvalue weighted by Gasteiger charge is -2.09. The van der Waals surface area contributed by atoms with Gasteiger partial charge >= 0.3 is 0 Å². The predicted molar refractivity (Wildman–Crippen MR) is 113 cm³/mol. The van der Waals surface area contributed by atoms with Crippen LogP contribution in [-0.2, 0) is 13.0 Å². The summed E-state index contributed by atoms with van der Waals surface area (Å²) >= 11 is 0. The Balaban J connectivity index is 0.00000312. The fourth-order valence-electron chi connectivity index (χ4n) is 2.43. The Morgan fingerprint density at radius 1 is 1.08 bits per heavy atom. The highest BCUT2D eigenvalue weighted by molar-refractivity contribution is 14.0. The molecule has 0 fully saturated rings. The fraction of sp³-hybridized carbons (Fsp3) is 0.316. The molecule has 5 nitrogen and oxygen atoms in total. The number of aliphatic imine (C=N–C) groups is 1. The second kappa shape index (κ2) is 10.8. The number of rotatable bonds is 7. The highest BCUT2D eigenvalue weighted by Crippen LogP contribution is 2.27. The zero-order chi connectivity index (χ0) is 17.4. The molecule has 0 heterocycles. The molecule has 3 N–H and O–H groups in total. The monoisotopic (exact) mass is 455 g/mol. The topological polar surface area (TPSA) is 68.9 Å². The quantitative estimate of drug-likeness (QED) is 0.382. The lowest BCUT2D eigenvalue weighted by Crippen LogP contribution is -2.33. The van der Waals surface area contributed by atoms with Crippen molar-refractivity contribution in [2.24, 2.45) is 10.7 Å². The second-order valence-electron chi connectivity index (χ2n) is 5.49. The second-order valence-corrected chi connectivity index (χ2v) is 5.49. The van der Waals surface area contributed by atoms with Crippen molar-refractivity contribution in [3.63, 3.8) is 0 Å². The average Bonchev–Trinajstić information content (AvgIpc) is 2.61. The Bertz CT molecular complexity index is 705. The van der Waals surface area contributed by atoms with Crippen LogP contribution in [0.3, 0.4) is 0 Å². The Kier molecular flexibility index (Phi) is 9.12. The summed E-state index contributed by atoms with van der Waals surface area (Å²) in [5.41, 5.74) is 9.55. The summed E-state index contributed by atoms with van der Waals surface area (Å²) in [4.78, 5) is 4.37. The third kappa shape index (κ3) is 6.45. The summed E-state index contributed by atoms with van der Waals surface area (Å²) in [6.07, 6.45) is 0.916. The molecule has 0 spiro atoms. The van der Waals surface area contributed by atoms with Crippen molar-refractivity contribution < 1.29 is 9.47 Å². The molecule has 0 amide bonds. The van der Waals surface area contributed by atoms with E-state index in [1.165, 1.54) is 11.1 Å². The minimum absolute atomic E-state index is 0. The number of benzene rings is 2. The van der Waals surface area contributed by atoms with Gasteiger partial charge in [-0.05, 0) is 42.2 Å². The highest BCUT2D eigenvalue weighted by atomic mass is 127. The summed E-state index contributed by atoms with van der Waals surface area (Å²) in [7, 11) is 3.23. The van der Waals surface area contributed by atoms with Gasteiger partial charge in [0.2, 0.25) is 0 Å². The molecule has 6 heteroatoms. The number of aryl methyl sites for hydroxylation is 1. The van der Waals surface area contributed by atoms with Crippen molar-refractivity contribution in [3.8, 4) is 11.5 Å². The number of nitrogens with zero attached hydrogens (tertiary/aromatic N) is 1. The molecule has 0 radical (unpaired) electrons. The summed E-state index contributed by atoms with van der Waals surface area (Å²) < 4.78 is 10.5. The highest BCUT2D eigenvalue weighted by Gasteiger charge is 2.04. The van der Waals surface area contributed by atoms with Crippen LogP contribution in [0, 0.1) is 6.92 Å². The molecule has 2 aromatic carbocycles. The molecule has 0 unspecified atom stereocenters. The molecule has 0 atom stereocenters. The number of nitrogens with one attached hydrogen (secondary N) is 1. The van der Waals surface area contributed by atoms with Gasteiger partial charge in [0.05, 0.1) is 20.8 Å². The van der Waals surface area contributed by atoms with Crippen LogP contribution >= 0.6 is 24.0 Å². The van der Waals surface area contributed by atoms with Gasteiger partial charge in [0.15, 0.2) is 17.5 Å². The van der Waals surface area contributed by atoms with E-state index in [0.717, 1.165) is 18.5 Å². The maximum absolute atomic E-state index is 5.93. The molecule has 25 heavy (non-hydrogen) atoms. The maximum Gasteiger partial charge on any atom is 0.188 e. The Hall–Kier alpha value is -1.96. The van der Waals surface area contributed by atoms with Crippen LogP contribution < -0.4 is 20.5 Å². The summed E-state index contributed by atoms with van der Waals surface area (Å²) in [5, 5.41) is 3.15. The van der Waals surface area contributed by atoms with Gasteiger partial charge in [0.1, 0.15) is 0 Å². The molecule has 136 valence electrons. The first-order valence-corrected chi connectivity index (χ1v) is 7.93. The van der Waals surface area contributed by atoms with E-state index in [4.69, 9.17) is 15.2 Å². The lowest BCUT2D eigenvalue weighted by molar-refractivity contribution is 0.354. The molecule has 2 rings (SSSR count). The van der Waals surface area contributed by atoms with Gasteiger partial charge in [-0.2, -0.15) is 0 Å². The molecule has 0 aliphatic rings. The van der Waals surface area contributed by atoms with Crippen LogP contribution in [-0.4, -0.2) is 26.7 Å². The molecular formula is C19H26IN3O2. The standard InChI is InChI=1S/C19H25N3O2.HI/c1-14-6-4-5-7-16(14)10-11-21-19(20)22-13-15-8-9-17(23-2)18(12-15)24-3;/h4-9,12H,10-11,13H2,1-3H3,(H3,20,21,22);1H. The van der Waals surface area contributed by atoms with Crippen molar-refractivity contribution in [1.82, 2.24) is 5.32 Å². The van der Waals surface area contributed by atoms with Crippen LogP contribution in [0.2, 0.25) is 0 Å². The molecule has 0 aliphatic carbocycles. The number of methoxy groups -OCH3 is 2. The minimum Gasteiger partial charge on any atom is -0.493 e. The summed E-state index contributed by atoms with van der Waals surface area (Å²) in [5.74, 6) is 1.84. The normalized spacial score (nSPS) is 10.8.